The first-order valence-electron chi connectivity index (χ1n) is 5.67. The smallest absolute Gasteiger partial charge is 0.113 e. The van der Waals surface area contributed by atoms with Gasteiger partial charge in [0.05, 0.1) is 0 Å². The van der Waals surface area contributed by atoms with Gasteiger partial charge in [0.2, 0.25) is 0 Å². The van der Waals surface area contributed by atoms with Gasteiger partial charge in [0.1, 0.15) is 5.67 Å². The summed E-state index contributed by atoms with van der Waals surface area (Å²) in [4.78, 5) is 0. The van der Waals surface area contributed by atoms with Crippen LogP contribution in [0.3, 0.4) is 0 Å². The highest BCUT2D eigenvalue weighted by molar-refractivity contribution is 7.99. The van der Waals surface area contributed by atoms with Crippen molar-refractivity contribution in [2.45, 2.75) is 31.9 Å². The van der Waals surface area contributed by atoms with Gasteiger partial charge >= 0.3 is 0 Å². The van der Waals surface area contributed by atoms with E-state index in [4.69, 9.17) is 0 Å². The normalized spacial score (nSPS) is 41.1. The van der Waals surface area contributed by atoms with E-state index >= 15 is 0 Å². The SMILES string of the molecule is CC1(F)CCNCC1C1CCSCC1. The number of rotatable bonds is 1. The molecule has 0 bridgehead atoms. The summed E-state index contributed by atoms with van der Waals surface area (Å²) in [5.41, 5.74) is -0.919. The lowest BCUT2D eigenvalue weighted by Crippen LogP contribution is -2.49. The Hall–Kier alpha value is 0.240. The van der Waals surface area contributed by atoms with Crippen LogP contribution in [0.25, 0.3) is 0 Å². The van der Waals surface area contributed by atoms with E-state index in [0.717, 1.165) is 13.1 Å². The minimum Gasteiger partial charge on any atom is -0.316 e. The van der Waals surface area contributed by atoms with Gasteiger partial charge in [-0.15, -0.1) is 0 Å². The maximum absolute atomic E-state index is 14.3. The van der Waals surface area contributed by atoms with Crippen molar-refractivity contribution in [3.8, 4) is 0 Å². The fourth-order valence-corrected chi connectivity index (χ4v) is 3.91. The molecule has 0 saturated carbocycles. The summed E-state index contributed by atoms with van der Waals surface area (Å²) in [5.74, 6) is 3.35. The van der Waals surface area contributed by atoms with Crippen LogP contribution >= 0.6 is 11.8 Å². The summed E-state index contributed by atoms with van der Waals surface area (Å²) < 4.78 is 14.3. The van der Waals surface area contributed by atoms with E-state index in [2.05, 4.69) is 5.32 Å². The molecule has 2 saturated heterocycles. The van der Waals surface area contributed by atoms with Gasteiger partial charge in [-0.3, -0.25) is 0 Å². The summed E-state index contributed by atoms with van der Waals surface area (Å²) in [5, 5.41) is 3.34. The zero-order chi connectivity index (χ0) is 10.0. The van der Waals surface area contributed by atoms with Crippen LogP contribution in [0.2, 0.25) is 0 Å². The Bertz CT molecular complexity index is 190. The van der Waals surface area contributed by atoms with Crippen LogP contribution in [0.1, 0.15) is 26.2 Å². The van der Waals surface area contributed by atoms with Crippen molar-refractivity contribution in [3.05, 3.63) is 0 Å². The molecular weight excluding hydrogens is 197 g/mol. The minimum absolute atomic E-state index is 0.261. The lowest BCUT2D eigenvalue weighted by atomic mass is 9.74. The second-order valence-corrected chi connectivity index (χ2v) is 6.01. The molecule has 2 unspecified atom stereocenters. The predicted molar refractivity (Wildman–Crippen MR) is 60.5 cm³/mol. The minimum atomic E-state index is -0.919. The molecule has 2 atom stereocenters. The third-order valence-corrected chi connectivity index (χ3v) is 4.81. The monoisotopic (exact) mass is 217 g/mol. The first-order chi connectivity index (χ1) is 6.70. The zero-order valence-corrected chi connectivity index (χ0v) is 9.71. The molecule has 0 radical (unpaired) electrons. The van der Waals surface area contributed by atoms with Gasteiger partial charge in [0, 0.05) is 12.5 Å². The van der Waals surface area contributed by atoms with Crippen LogP contribution < -0.4 is 5.32 Å². The topological polar surface area (TPSA) is 12.0 Å². The van der Waals surface area contributed by atoms with E-state index in [1.165, 1.54) is 24.3 Å². The predicted octanol–water partition coefficient (Wildman–Crippen LogP) is 2.47. The Kier molecular flexibility index (Phi) is 3.38. The van der Waals surface area contributed by atoms with Gasteiger partial charge in [0.15, 0.2) is 0 Å². The van der Waals surface area contributed by atoms with Gasteiger partial charge in [-0.05, 0) is 50.2 Å². The van der Waals surface area contributed by atoms with Gasteiger partial charge < -0.3 is 5.32 Å². The van der Waals surface area contributed by atoms with E-state index in [9.17, 15) is 4.39 Å². The average Bonchev–Trinajstić information content (AvgIpc) is 2.18. The molecule has 2 fully saturated rings. The van der Waals surface area contributed by atoms with E-state index in [0.29, 0.717) is 12.3 Å². The number of hydrogen-bond acceptors (Lipinski definition) is 2. The van der Waals surface area contributed by atoms with Crippen LogP contribution in [0.15, 0.2) is 0 Å². The molecule has 2 aliphatic rings. The lowest BCUT2D eigenvalue weighted by Gasteiger charge is -2.41. The van der Waals surface area contributed by atoms with E-state index < -0.39 is 5.67 Å². The van der Waals surface area contributed by atoms with Crippen molar-refractivity contribution < 1.29 is 4.39 Å². The van der Waals surface area contributed by atoms with Crippen molar-refractivity contribution in [3.63, 3.8) is 0 Å². The molecule has 3 heteroatoms. The Morgan fingerprint density at radius 3 is 2.71 bits per heavy atom. The first-order valence-corrected chi connectivity index (χ1v) is 6.83. The van der Waals surface area contributed by atoms with Crippen LogP contribution in [0, 0.1) is 11.8 Å². The summed E-state index contributed by atoms with van der Waals surface area (Å²) in [6, 6.07) is 0. The quantitative estimate of drug-likeness (QED) is 0.724. The molecule has 0 aliphatic carbocycles. The Morgan fingerprint density at radius 2 is 2.07 bits per heavy atom. The summed E-state index contributed by atoms with van der Waals surface area (Å²) >= 11 is 2.02. The third-order valence-electron chi connectivity index (χ3n) is 3.76. The second-order valence-electron chi connectivity index (χ2n) is 4.79. The molecule has 0 aromatic heterocycles. The highest BCUT2D eigenvalue weighted by Crippen LogP contribution is 2.39. The van der Waals surface area contributed by atoms with E-state index in [1.807, 2.05) is 11.8 Å². The maximum Gasteiger partial charge on any atom is 0.113 e. The molecule has 0 amide bonds. The molecule has 2 rings (SSSR count). The van der Waals surface area contributed by atoms with Crippen molar-refractivity contribution in [2.24, 2.45) is 11.8 Å². The number of thioether (sulfide) groups is 1. The van der Waals surface area contributed by atoms with Crippen molar-refractivity contribution in [1.29, 1.82) is 0 Å². The molecule has 14 heavy (non-hydrogen) atoms. The summed E-state index contributed by atoms with van der Waals surface area (Å²) in [7, 11) is 0. The van der Waals surface area contributed by atoms with Gasteiger partial charge in [-0.25, -0.2) is 4.39 Å². The zero-order valence-electron chi connectivity index (χ0n) is 8.89. The van der Waals surface area contributed by atoms with Gasteiger partial charge in [-0.1, -0.05) is 0 Å². The molecule has 1 nitrogen and oxygen atoms in total. The fourth-order valence-electron chi connectivity index (χ4n) is 2.76. The number of halogens is 1. The average molecular weight is 217 g/mol. The number of alkyl halides is 1. The van der Waals surface area contributed by atoms with Crippen molar-refractivity contribution >= 4 is 11.8 Å². The molecular formula is C11H20FNS. The highest BCUT2D eigenvalue weighted by Gasteiger charge is 2.41. The largest absolute Gasteiger partial charge is 0.316 e. The second kappa shape index (κ2) is 4.40. The van der Waals surface area contributed by atoms with Crippen LogP contribution in [0.4, 0.5) is 4.39 Å². The molecule has 2 heterocycles. The summed E-state index contributed by atoms with van der Waals surface area (Å²) in [6.45, 7) is 3.55. The first kappa shape index (κ1) is 10.7. The Morgan fingerprint density at radius 1 is 1.36 bits per heavy atom. The van der Waals surface area contributed by atoms with Crippen molar-refractivity contribution in [1.82, 2.24) is 5.32 Å². The molecule has 0 aromatic rings. The van der Waals surface area contributed by atoms with Crippen LogP contribution in [-0.2, 0) is 0 Å². The standard InChI is InChI=1S/C11H20FNS/c1-11(12)4-5-13-8-10(11)9-2-6-14-7-3-9/h9-10,13H,2-8H2,1H3. The third kappa shape index (κ3) is 2.25. The lowest BCUT2D eigenvalue weighted by molar-refractivity contribution is 0.0278. The number of hydrogen-bond donors (Lipinski definition) is 1. The van der Waals surface area contributed by atoms with Gasteiger partial charge in [0.25, 0.3) is 0 Å². The molecule has 82 valence electrons. The Labute approximate surface area is 90.2 Å². The molecule has 2 aliphatic heterocycles. The molecule has 1 N–H and O–H groups in total. The number of nitrogens with one attached hydrogen (secondary N) is 1. The molecule has 0 aromatic carbocycles. The van der Waals surface area contributed by atoms with Crippen molar-refractivity contribution in [2.75, 3.05) is 24.6 Å². The van der Waals surface area contributed by atoms with E-state index in [1.54, 1.807) is 6.92 Å². The van der Waals surface area contributed by atoms with Crippen LogP contribution in [-0.4, -0.2) is 30.3 Å². The maximum atomic E-state index is 14.3. The van der Waals surface area contributed by atoms with Crippen LogP contribution in [0.5, 0.6) is 0 Å². The molecule has 0 spiro atoms. The summed E-state index contributed by atoms with van der Waals surface area (Å²) in [6.07, 6.45) is 3.13. The fraction of sp³-hybridized carbons (Fsp3) is 1.00. The van der Waals surface area contributed by atoms with E-state index in [-0.39, 0.29) is 5.92 Å². The van der Waals surface area contributed by atoms with Gasteiger partial charge in [-0.2, -0.15) is 11.8 Å². The number of piperidine rings is 1. The highest BCUT2D eigenvalue weighted by atomic mass is 32.2. The Balaban J connectivity index is 1.99.